The van der Waals surface area contributed by atoms with Gasteiger partial charge in [-0.3, -0.25) is 9.59 Å². The first-order valence-electron chi connectivity index (χ1n) is 8.51. The molecule has 132 valence electrons. The highest BCUT2D eigenvalue weighted by Crippen LogP contribution is 2.27. The van der Waals surface area contributed by atoms with Gasteiger partial charge >= 0.3 is 0 Å². The molecule has 1 aromatic heterocycles. The predicted octanol–water partition coefficient (Wildman–Crippen LogP) is 2.97. The number of carbonyl (C=O) groups is 2. The van der Waals surface area contributed by atoms with Crippen molar-refractivity contribution in [3.8, 4) is 0 Å². The van der Waals surface area contributed by atoms with Gasteiger partial charge in [-0.15, -0.1) is 11.3 Å². The van der Waals surface area contributed by atoms with Gasteiger partial charge in [-0.05, 0) is 32.3 Å². The second-order valence-corrected chi connectivity index (χ2v) is 8.33. The standard InChI is InChI=1S/C18H27N3O2S/c1-13(16(23)21-10-6-5-7-11-21)20-15(22)9-8-14-12-19-17(24-14)18(2,3)4/h8-9,12-13H,5-7,10-11H2,1-4H3,(H,20,22)/t13-/m0/s1. The van der Waals surface area contributed by atoms with Crippen molar-refractivity contribution in [3.63, 3.8) is 0 Å². The summed E-state index contributed by atoms with van der Waals surface area (Å²) < 4.78 is 0. The molecule has 0 saturated carbocycles. The molecule has 0 radical (unpaired) electrons. The molecule has 0 aromatic carbocycles. The highest BCUT2D eigenvalue weighted by molar-refractivity contribution is 7.12. The molecular weight excluding hydrogens is 322 g/mol. The summed E-state index contributed by atoms with van der Waals surface area (Å²) in [5.41, 5.74) is 0.00832. The zero-order valence-corrected chi connectivity index (χ0v) is 15.8. The fourth-order valence-corrected chi connectivity index (χ4v) is 3.46. The molecular formula is C18H27N3O2S. The molecule has 0 spiro atoms. The Kier molecular flexibility index (Phi) is 6.15. The molecule has 1 aliphatic heterocycles. The summed E-state index contributed by atoms with van der Waals surface area (Å²) in [6.07, 6.45) is 8.28. The Labute approximate surface area is 148 Å². The second kappa shape index (κ2) is 7.92. The van der Waals surface area contributed by atoms with E-state index in [1.165, 1.54) is 12.5 Å². The van der Waals surface area contributed by atoms with Gasteiger partial charge in [-0.2, -0.15) is 0 Å². The maximum Gasteiger partial charge on any atom is 0.244 e. The lowest BCUT2D eigenvalue weighted by Gasteiger charge is -2.29. The van der Waals surface area contributed by atoms with Crippen LogP contribution >= 0.6 is 11.3 Å². The number of carbonyl (C=O) groups excluding carboxylic acids is 2. The first kappa shape index (κ1) is 18.6. The van der Waals surface area contributed by atoms with Gasteiger partial charge in [0.25, 0.3) is 0 Å². The van der Waals surface area contributed by atoms with Gasteiger partial charge < -0.3 is 10.2 Å². The van der Waals surface area contributed by atoms with Crippen molar-refractivity contribution < 1.29 is 9.59 Å². The van der Waals surface area contributed by atoms with Crippen molar-refractivity contribution >= 4 is 29.2 Å². The predicted molar refractivity (Wildman–Crippen MR) is 97.9 cm³/mol. The number of aromatic nitrogens is 1. The fraction of sp³-hybridized carbons (Fsp3) is 0.611. The number of nitrogens with zero attached hydrogens (tertiary/aromatic N) is 2. The van der Waals surface area contributed by atoms with E-state index in [1.54, 1.807) is 30.5 Å². The third-order valence-electron chi connectivity index (χ3n) is 3.96. The van der Waals surface area contributed by atoms with Crippen molar-refractivity contribution in [1.29, 1.82) is 0 Å². The Balaban J connectivity index is 1.87. The van der Waals surface area contributed by atoms with Crippen molar-refractivity contribution in [3.05, 3.63) is 22.2 Å². The lowest BCUT2D eigenvalue weighted by atomic mass is 9.98. The Morgan fingerprint density at radius 2 is 1.96 bits per heavy atom. The average Bonchev–Trinajstić information content (AvgIpc) is 3.02. The van der Waals surface area contributed by atoms with E-state index in [0.717, 1.165) is 35.8 Å². The number of hydrogen-bond acceptors (Lipinski definition) is 4. The van der Waals surface area contributed by atoms with Crippen LogP contribution in [0.5, 0.6) is 0 Å². The highest BCUT2D eigenvalue weighted by Gasteiger charge is 2.22. The fourth-order valence-electron chi connectivity index (χ4n) is 2.58. The minimum Gasteiger partial charge on any atom is -0.341 e. The molecule has 1 fully saturated rings. The van der Waals surface area contributed by atoms with Gasteiger partial charge in [0.05, 0.1) is 5.01 Å². The first-order chi connectivity index (χ1) is 11.3. The molecule has 1 saturated heterocycles. The monoisotopic (exact) mass is 349 g/mol. The zero-order chi connectivity index (χ0) is 17.7. The van der Waals surface area contributed by atoms with Crippen LogP contribution < -0.4 is 5.32 Å². The van der Waals surface area contributed by atoms with E-state index < -0.39 is 6.04 Å². The molecule has 0 bridgehead atoms. The van der Waals surface area contributed by atoms with E-state index >= 15 is 0 Å². The van der Waals surface area contributed by atoms with Crippen LogP contribution in [0.2, 0.25) is 0 Å². The Morgan fingerprint density at radius 1 is 1.29 bits per heavy atom. The summed E-state index contributed by atoms with van der Waals surface area (Å²) in [5, 5.41) is 3.79. The van der Waals surface area contributed by atoms with Crippen LogP contribution in [0.4, 0.5) is 0 Å². The van der Waals surface area contributed by atoms with Crippen LogP contribution in [-0.4, -0.2) is 40.8 Å². The highest BCUT2D eigenvalue weighted by atomic mass is 32.1. The Morgan fingerprint density at radius 3 is 2.54 bits per heavy atom. The smallest absolute Gasteiger partial charge is 0.244 e. The van der Waals surface area contributed by atoms with E-state index in [9.17, 15) is 9.59 Å². The van der Waals surface area contributed by atoms with Gasteiger partial charge in [0, 0.05) is 35.7 Å². The minimum atomic E-state index is -0.494. The Bertz CT molecular complexity index is 610. The number of nitrogens with one attached hydrogen (secondary N) is 1. The van der Waals surface area contributed by atoms with Gasteiger partial charge in [0.15, 0.2) is 0 Å². The summed E-state index contributed by atoms with van der Waals surface area (Å²) in [7, 11) is 0. The molecule has 0 aliphatic carbocycles. The number of amides is 2. The van der Waals surface area contributed by atoms with Crippen LogP contribution in [0.1, 0.15) is 56.8 Å². The van der Waals surface area contributed by atoms with E-state index in [1.807, 2.05) is 4.90 Å². The molecule has 2 heterocycles. The Hall–Kier alpha value is -1.69. The van der Waals surface area contributed by atoms with Crippen LogP contribution in [0.3, 0.4) is 0 Å². The SMILES string of the molecule is C[C@H](NC(=O)C=Cc1cnc(C(C)(C)C)s1)C(=O)N1CCCCC1. The van der Waals surface area contributed by atoms with Crippen molar-refractivity contribution in [2.45, 2.75) is 58.4 Å². The molecule has 5 nitrogen and oxygen atoms in total. The summed E-state index contributed by atoms with van der Waals surface area (Å²) in [6.45, 7) is 9.67. The second-order valence-electron chi connectivity index (χ2n) is 7.27. The van der Waals surface area contributed by atoms with Gasteiger partial charge in [-0.1, -0.05) is 20.8 Å². The number of thiazole rings is 1. The van der Waals surface area contributed by atoms with Crippen molar-refractivity contribution in [2.75, 3.05) is 13.1 Å². The molecule has 2 rings (SSSR count). The normalized spacial score (nSPS) is 17.1. The molecule has 24 heavy (non-hydrogen) atoms. The maximum absolute atomic E-state index is 12.3. The van der Waals surface area contributed by atoms with Crippen LogP contribution in [0, 0.1) is 0 Å². The number of likely N-dealkylation sites (tertiary alicyclic amines) is 1. The first-order valence-corrected chi connectivity index (χ1v) is 9.32. The van der Waals surface area contributed by atoms with Crippen LogP contribution in [-0.2, 0) is 15.0 Å². The molecule has 0 unspecified atom stereocenters. The van der Waals surface area contributed by atoms with Crippen LogP contribution in [0.25, 0.3) is 6.08 Å². The summed E-state index contributed by atoms with van der Waals surface area (Å²) >= 11 is 1.58. The number of piperidine rings is 1. The summed E-state index contributed by atoms with van der Waals surface area (Å²) in [4.78, 5) is 31.5. The average molecular weight is 350 g/mol. The third kappa shape index (κ3) is 5.16. The molecule has 2 amide bonds. The molecule has 6 heteroatoms. The van der Waals surface area contributed by atoms with Gasteiger partial charge in [0.1, 0.15) is 6.04 Å². The molecule has 1 N–H and O–H groups in total. The molecule has 1 aromatic rings. The van der Waals surface area contributed by atoms with Crippen molar-refractivity contribution in [1.82, 2.24) is 15.2 Å². The van der Waals surface area contributed by atoms with Gasteiger partial charge in [-0.25, -0.2) is 4.98 Å². The van der Waals surface area contributed by atoms with E-state index in [2.05, 4.69) is 31.1 Å². The van der Waals surface area contributed by atoms with Gasteiger partial charge in [0.2, 0.25) is 11.8 Å². The van der Waals surface area contributed by atoms with E-state index in [-0.39, 0.29) is 17.2 Å². The number of rotatable bonds is 4. The van der Waals surface area contributed by atoms with Crippen molar-refractivity contribution in [2.24, 2.45) is 0 Å². The molecule has 1 atom stereocenters. The summed E-state index contributed by atoms with van der Waals surface area (Å²) in [6, 6.07) is -0.494. The lowest BCUT2D eigenvalue weighted by Crippen LogP contribution is -2.48. The largest absolute Gasteiger partial charge is 0.341 e. The minimum absolute atomic E-state index is 0.00394. The number of hydrogen-bond donors (Lipinski definition) is 1. The lowest BCUT2D eigenvalue weighted by molar-refractivity contribution is -0.135. The quantitative estimate of drug-likeness (QED) is 0.850. The molecule has 1 aliphatic rings. The topological polar surface area (TPSA) is 62.3 Å². The third-order valence-corrected chi connectivity index (χ3v) is 5.35. The van der Waals surface area contributed by atoms with Crippen LogP contribution in [0.15, 0.2) is 12.3 Å². The van der Waals surface area contributed by atoms with E-state index in [0.29, 0.717) is 0 Å². The zero-order valence-electron chi connectivity index (χ0n) is 15.0. The summed E-state index contributed by atoms with van der Waals surface area (Å²) in [5.74, 6) is -0.247. The van der Waals surface area contributed by atoms with E-state index in [4.69, 9.17) is 0 Å². The maximum atomic E-state index is 12.3.